The fraction of sp³-hybridized carbons (Fsp3) is 0.487. The molecule has 3 aromatic carbocycles. The Kier molecular flexibility index (Phi) is 15.8. The number of hydrogen-bond acceptors (Lipinski definition) is 4. The second-order valence-electron chi connectivity index (χ2n) is 12.4. The summed E-state index contributed by atoms with van der Waals surface area (Å²) in [6.45, 7) is 8.73. The molecule has 4 rings (SSSR count). The normalized spacial score (nSPS) is 18.6. The topological polar surface area (TPSA) is 36.9 Å². The molecule has 6 heteroatoms. The van der Waals surface area contributed by atoms with Crippen LogP contribution in [0.1, 0.15) is 76.0 Å². The van der Waals surface area contributed by atoms with Gasteiger partial charge in [-0.15, -0.1) is 0 Å². The van der Waals surface area contributed by atoms with Gasteiger partial charge in [-0.1, -0.05) is 0 Å². The Morgan fingerprint density at radius 1 is 0.622 bits per heavy atom. The Hall–Kier alpha value is -1.83. The Morgan fingerprint density at radius 3 is 1.53 bits per heavy atom. The Morgan fingerprint density at radius 2 is 1.07 bits per heavy atom. The van der Waals surface area contributed by atoms with Crippen molar-refractivity contribution >= 4 is 30.0 Å². The average Bonchev–Trinajstić information content (AvgIpc) is 3.09. The first-order chi connectivity index (χ1) is 22.1. The van der Waals surface area contributed by atoms with E-state index in [9.17, 15) is 0 Å². The molecule has 0 bridgehead atoms. The molecule has 0 spiro atoms. The van der Waals surface area contributed by atoms with Gasteiger partial charge in [0, 0.05) is 0 Å². The van der Waals surface area contributed by atoms with E-state index in [1.807, 2.05) is 42.5 Å². The third kappa shape index (κ3) is 10.9. The number of unbranched alkanes of at least 4 members (excludes halogenated alkanes) is 3. The Labute approximate surface area is 281 Å². The van der Waals surface area contributed by atoms with Crippen LogP contribution >= 0.6 is 11.6 Å². The van der Waals surface area contributed by atoms with Crippen LogP contribution in [0.25, 0.3) is 0 Å². The third-order valence-corrected chi connectivity index (χ3v) is 24.8. The molecule has 244 valence electrons. The summed E-state index contributed by atoms with van der Waals surface area (Å²) in [5, 5.41) is 0.752. The van der Waals surface area contributed by atoms with Gasteiger partial charge in [-0.3, -0.25) is 0 Å². The van der Waals surface area contributed by atoms with Crippen LogP contribution in [0.3, 0.4) is 0 Å². The molecule has 0 N–H and O–H groups in total. The van der Waals surface area contributed by atoms with Crippen LogP contribution in [0.15, 0.2) is 99.8 Å². The van der Waals surface area contributed by atoms with E-state index in [2.05, 4.69) is 69.3 Å². The molecule has 0 aliphatic carbocycles. The van der Waals surface area contributed by atoms with Gasteiger partial charge in [-0.2, -0.15) is 0 Å². The molecule has 0 saturated carbocycles. The maximum absolute atomic E-state index is 7.57. The van der Waals surface area contributed by atoms with E-state index in [1.165, 1.54) is 51.8 Å². The van der Waals surface area contributed by atoms with Gasteiger partial charge in [0.15, 0.2) is 0 Å². The fourth-order valence-corrected chi connectivity index (χ4v) is 23.7. The van der Waals surface area contributed by atoms with E-state index < -0.39 is 30.6 Å². The van der Waals surface area contributed by atoms with E-state index in [-0.39, 0.29) is 6.10 Å². The minimum atomic E-state index is -3.10. The summed E-state index contributed by atoms with van der Waals surface area (Å²) >= 11 is 4.47. The molecule has 0 fully saturated rings. The molecule has 3 aromatic rings. The summed E-state index contributed by atoms with van der Waals surface area (Å²) in [4.78, 5) is 0. The van der Waals surface area contributed by atoms with Crippen molar-refractivity contribution in [3.8, 4) is 0 Å². The van der Waals surface area contributed by atoms with Crippen molar-refractivity contribution in [3.05, 3.63) is 116 Å². The molecule has 0 unspecified atom stereocenters. The summed E-state index contributed by atoms with van der Waals surface area (Å²) in [5.74, 6) is 0. The summed E-state index contributed by atoms with van der Waals surface area (Å²) in [6, 6.07) is 31.0. The number of hydrogen-bond donors (Lipinski definition) is 0. The second kappa shape index (κ2) is 19.7. The monoisotopic (exact) mass is 740 g/mol. The molecule has 1 aliphatic heterocycles. The van der Waals surface area contributed by atoms with Gasteiger partial charge in [0.2, 0.25) is 0 Å². The van der Waals surface area contributed by atoms with Crippen molar-refractivity contribution in [2.75, 3.05) is 6.61 Å². The van der Waals surface area contributed by atoms with Crippen molar-refractivity contribution in [3.63, 3.8) is 0 Å². The van der Waals surface area contributed by atoms with Crippen LogP contribution in [0.2, 0.25) is 13.3 Å². The van der Waals surface area contributed by atoms with Crippen LogP contribution in [0.4, 0.5) is 0 Å². The van der Waals surface area contributed by atoms with Gasteiger partial charge in [0.1, 0.15) is 0 Å². The first-order valence-corrected chi connectivity index (χ1v) is 25.0. The molecule has 0 amide bonds. The summed E-state index contributed by atoms with van der Waals surface area (Å²) < 4.78 is 32.0. The zero-order valence-electron chi connectivity index (χ0n) is 27.6. The van der Waals surface area contributed by atoms with Gasteiger partial charge in [-0.05, 0) is 0 Å². The predicted molar refractivity (Wildman–Crippen MR) is 189 cm³/mol. The number of ether oxygens (including phenoxy) is 4. The second-order valence-corrected chi connectivity index (χ2v) is 25.7. The number of benzene rings is 3. The van der Waals surface area contributed by atoms with E-state index in [1.54, 1.807) is 0 Å². The Bertz CT molecular complexity index is 1230. The van der Waals surface area contributed by atoms with Gasteiger partial charge in [0.05, 0.1) is 0 Å². The van der Waals surface area contributed by atoms with Crippen LogP contribution in [-0.4, -0.2) is 43.3 Å². The summed E-state index contributed by atoms with van der Waals surface area (Å²) in [6.07, 6.45) is 6.06. The van der Waals surface area contributed by atoms with Crippen LogP contribution in [-0.2, 0) is 38.8 Å². The zero-order valence-corrected chi connectivity index (χ0v) is 31.2. The molecular formula is C39H53ClO4Sn. The molecular weight excluding hydrogens is 687 g/mol. The average molecular weight is 740 g/mol. The van der Waals surface area contributed by atoms with Crippen LogP contribution < -0.4 is 0 Å². The van der Waals surface area contributed by atoms with Crippen molar-refractivity contribution in [1.82, 2.24) is 0 Å². The number of halogens is 1. The third-order valence-electron chi connectivity index (χ3n) is 8.86. The molecule has 1 aliphatic rings. The molecule has 0 saturated heterocycles. The van der Waals surface area contributed by atoms with Crippen LogP contribution in [0, 0.1) is 0 Å². The van der Waals surface area contributed by atoms with Gasteiger partial charge >= 0.3 is 283 Å². The minimum absolute atomic E-state index is 0.323. The predicted octanol–water partition coefficient (Wildman–Crippen LogP) is 10.6. The maximum atomic E-state index is 7.57. The van der Waals surface area contributed by atoms with Crippen molar-refractivity contribution < 1.29 is 18.9 Å². The van der Waals surface area contributed by atoms with Crippen molar-refractivity contribution in [2.24, 2.45) is 0 Å². The molecule has 4 nitrogen and oxygen atoms in total. The quantitative estimate of drug-likeness (QED) is 0.108. The summed E-state index contributed by atoms with van der Waals surface area (Å²) in [7, 11) is 0. The van der Waals surface area contributed by atoms with Gasteiger partial charge < -0.3 is 0 Å². The van der Waals surface area contributed by atoms with Crippen molar-refractivity contribution in [1.29, 1.82) is 0 Å². The molecule has 0 aromatic heterocycles. The standard InChI is InChI=1S/C27H26ClO4.3C4H9.Sn/c28-24-19-30-25(20-29-16-21-10-4-1-5-11-21)27(32-18-23-14-8-3-9-15-23)26(24)31-17-22-12-6-2-7-13-22;3*1-3-4-2;/h1-15,25-27H,16-18,20H2;3*1,3-4H2,2H3;/t25-,26-,27-;;;;/m1..../s1. The first-order valence-electron chi connectivity index (χ1n) is 17.1. The van der Waals surface area contributed by atoms with Gasteiger partial charge in [-0.25, -0.2) is 0 Å². The Balaban J connectivity index is 1.72. The van der Waals surface area contributed by atoms with E-state index >= 15 is 0 Å². The fourth-order valence-electron chi connectivity index (χ4n) is 6.27. The summed E-state index contributed by atoms with van der Waals surface area (Å²) in [5.41, 5.74) is 3.37. The van der Waals surface area contributed by atoms with Crippen molar-refractivity contribution in [2.45, 2.75) is 111 Å². The van der Waals surface area contributed by atoms with E-state index in [0.29, 0.717) is 26.4 Å². The van der Waals surface area contributed by atoms with E-state index in [0.717, 1.165) is 25.5 Å². The molecule has 0 radical (unpaired) electrons. The molecule has 3 atom stereocenters. The van der Waals surface area contributed by atoms with E-state index in [4.69, 9.17) is 30.5 Å². The van der Waals surface area contributed by atoms with Crippen LogP contribution in [0.5, 0.6) is 0 Å². The first kappa shape index (κ1) is 36.0. The SMILES string of the molecule is CCC[CH2][Sn]([CH2]CCC)([CH2]CCC)[C]1=C(Cl)[C@@H](OCc2ccccc2)[C@H](OCc2ccccc2)[C@@H](COCc2ccccc2)O1. The number of rotatable bonds is 20. The molecule has 45 heavy (non-hydrogen) atoms. The molecule has 1 heterocycles. The zero-order chi connectivity index (χ0) is 31.7. The van der Waals surface area contributed by atoms with Gasteiger partial charge in [0.25, 0.3) is 0 Å².